The monoisotopic (exact) mass is 577 g/mol. The quantitative estimate of drug-likeness (QED) is 0.362. The molecule has 1 unspecified atom stereocenters. The molecule has 2 saturated heterocycles. The molecule has 0 aromatic heterocycles. The fraction of sp³-hybridized carbons (Fsp3) is 0.606. The van der Waals surface area contributed by atoms with Crippen LogP contribution in [0.3, 0.4) is 0 Å². The number of aliphatic hydroxyl groups excluding tert-OH is 1. The highest BCUT2D eigenvalue weighted by molar-refractivity contribution is 8.02. The lowest BCUT2D eigenvalue weighted by molar-refractivity contribution is -0.144. The van der Waals surface area contributed by atoms with Gasteiger partial charge in [-0.05, 0) is 44.7 Å². The van der Waals surface area contributed by atoms with Gasteiger partial charge in [-0.25, -0.2) is 0 Å². The maximum absolute atomic E-state index is 14.6. The molecule has 5 aliphatic rings. The summed E-state index contributed by atoms with van der Waals surface area (Å²) in [5.74, 6) is -1.22. The summed E-state index contributed by atoms with van der Waals surface area (Å²) in [6.45, 7) is 3.78. The number of benzene rings is 1. The molecule has 4 heterocycles. The largest absolute Gasteiger partial charge is 0.396 e. The van der Waals surface area contributed by atoms with E-state index in [1.165, 1.54) is 6.42 Å². The number of likely N-dealkylation sites (tertiary alicyclic amines) is 1. The minimum Gasteiger partial charge on any atom is -0.396 e. The van der Waals surface area contributed by atoms with Gasteiger partial charge in [0.05, 0.1) is 16.6 Å². The van der Waals surface area contributed by atoms with Gasteiger partial charge < -0.3 is 19.8 Å². The Kier molecular flexibility index (Phi) is 8.07. The SMILES string of the molecule is C[C@@]12C=CCN(c3ccccc3)C(=O)[C@@H]1[C@H]1C(=O)N(CCCCCCO)C3C(=O)N(C4CCCCC4)CC=C[C@@]31S2. The van der Waals surface area contributed by atoms with Crippen LogP contribution < -0.4 is 4.90 Å². The second kappa shape index (κ2) is 11.6. The topological polar surface area (TPSA) is 81.2 Å². The Labute approximate surface area is 248 Å². The van der Waals surface area contributed by atoms with Gasteiger partial charge in [0, 0.05) is 42.7 Å². The van der Waals surface area contributed by atoms with E-state index in [9.17, 15) is 19.5 Å². The lowest BCUT2D eigenvalue weighted by Crippen LogP contribution is -2.55. The normalized spacial score (nSPS) is 33.6. The molecule has 1 aromatic carbocycles. The summed E-state index contributed by atoms with van der Waals surface area (Å²) >= 11 is 1.67. The highest BCUT2D eigenvalue weighted by Gasteiger charge is 2.74. The van der Waals surface area contributed by atoms with Crippen LogP contribution in [-0.4, -0.2) is 80.4 Å². The van der Waals surface area contributed by atoms with E-state index in [0.29, 0.717) is 19.6 Å². The van der Waals surface area contributed by atoms with Gasteiger partial charge in [0.15, 0.2) is 0 Å². The van der Waals surface area contributed by atoms with Crippen molar-refractivity contribution >= 4 is 35.2 Å². The van der Waals surface area contributed by atoms with E-state index in [2.05, 4.69) is 36.1 Å². The number of nitrogens with zero attached hydrogens (tertiary/aromatic N) is 3. The number of aliphatic hydroxyl groups is 1. The van der Waals surface area contributed by atoms with Crippen LogP contribution in [0.15, 0.2) is 54.6 Å². The summed E-state index contributed by atoms with van der Waals surface area (Å²) in [6, 6.07) is 9.29. The number of fused-ring (bicyclic) bond motifs is 2. The molecule has 8 heteroatoms. The predicted octanol–water partition coefficient (Wildman–Crippen LogP) is 4.56. The molecule has 1 aliphatic carbocycles. The van der Waals surface area contributed by atoms with E-state index in [-0.39, 0.29) is 30.4 Å². The van der Waals surface area contributed by atoms with Gasteiger partial charge in [-0.3, -0.25) is 14.4 Å². The Balaban J connectivity index is 1.39. The van der Waals surface area contributed by atoms with Crippen LogP contribution in [0.1, 0.15) is 64.7 Å². The smallest absolute Gasteiger partial charge is 0.247 e. The van der Waals surface area contributed by atoms with Crippen LogP contribution in [0.5, 0.6) is 0 Å². The number of rotatable bonds is 8. The van der Waals surface area contributed by atoms with Gasteiger partial charge in [-0.2, -0.15) is 0 Å². The Bertz CT molecular complexity index is 1210. The number of hydrogen-bond donors (Lipinski definition) is 1. The number of hydrogen-bond acceptors (Lipinski definition) is 5. The molecular formula is C33H43N3O4S. The Morgan fingerprint density at radius 2 is 1.59 bits per heavy atom. The Hall–Kier alpha value is -2.58. The molecule has 5 atom stereocenters. The zero-order valence-electron chi connectivity index (χ0n) is 24.1. The van der Waals surface area contributed by atoms with Crippen LogP contribution >= 0.6 is 11.8 Å². The molecule has 41 heavy (non-hydrogen) atoms. The number of thioether (sulfide) groups is 1. The molecule has 7 nitrogen and oxygen atoms in total. The lowest BCUT2D eigenvalue weighted by atomic mass is 9.74. The molecule has 3 amide bonds. The van der Waals surface area contributed by atoms with E-state index in [1.54, 1.807) is 11.8 Å². The molecule has 0 bridgehead atoms. The molecule has 3 fully saturated rings. The fourth-order valence-electron chi connectivity index (χ4n) is 8.09. The van der Waals surface area contributed by atoms with Gasteiger partial charge in [0.1, 0.15) is 6.04 Å². The third-order valence-corrected chi connectivity index (χ3v) is 11.8. The van der Waals surface area contributed by atoms with Crippen molar-refractivity contribution in [1.82, 2.24) is 9.80 Å². The molecule has 0 radical (unpaired) electrons. The van der Waals surface area contributed by atoms with E-state index in [1.807, 2.05) is 40.1 Å². The van der Waals surface area contributed by atoms with Crippen LogP contribution in [0, 0.1) is 11.8 Å². The van der Waals surface area contributed by atoms with Crippen molar-refractivity contribution in [2.24, 2.45) is 11.8 Å². The van der Waals surface area contributed by atoms with E-state index in [4.69, 9.17) is 0 Å². The Morgan fingerprint density at radius 3 is 2.34 bits per heavy atom. The number of amides is 3. The molecule has 1 saturated carbocycles. The zero-order chi connectivity index (χ0) is 28.6. The first-order valence-electron chi connectivity index (χ1n) is 15.5. The zero-order valence-corrected chi connectivity index (χ0v) is 24.9. The van der Waals surface area contributed by atoms with Crippen molar-refractivity contribution in [1.29, 1.82) is 0 Å². The molecule has 6 rings (SSSR count). The van der Waals surface area contributed by atoms with Crippen molar-refractivity contribution in [2.45, 2.75) is 86.3 Å². The standard InChI is InChI=1S/C33H43N3O4S/c1-32-18-12-21-34(24-14-6-4-7-15-24)29(38)26(32)27-30(39)36(20-10-2-3-11-23-37)28-31(40)35(25-16-8-5-9-17-25)22-13-19-33(27,28)41-32/h4,6-7,12-15,18-19,25-28,37H,2-3,5,8-11,16-17,20-23H2,1H3/t26-,27-,28?,32+,33-/m0/s1. The fourth-order valence-corrected chi connectivity index (χ4v) is 10.2. The highest BCUT2D eigenvalue weighted by atomic mass is 32.2. The maximum Gasteiger partial charge on any atom is 0.247 e. The van der Waals surface area contributed by atoms with Gasteiger partial charge in [-0.1, -0.05) is 74.6 Å². The van der Waals surface area contributed by atoms with Crippen molar-refractivity contribution in [2.75, 3.05) is 31.1 Å². The van der Waals surface area contributed by atoms with Crippen LogP contribution in [0.25, 0.3) is 0 Å². The molecule has 4 aliphatic heterocycles. The van der Waals surface area contributed by atoms with Gasteiger partial charge >= 0.3 is 0 Å². The molecule has 220 valence electrons. The van der Waals surface area contributed by atoms with Gasteiger partial charge in [-0.15, -0.1) is 11.8 Å². The molecular weight excluding hydrogens is 534 g/mol. The first-order chi connectivity index (χ1) is 19.9. The van der Waals surface area contributed by atoms with Crippen LogP contribution in [0.2, 0.25) is 0 Å². The summed E-state index contributed by atoms with van der Waals surface area (Å²) in [5.41, 5.74) is 0.830. The number of unbranched alkanes of at least 4 members (excludes halogenated alkanes) is 3. The van der Waals surface area contributed by atoms with E-state index < -0.39 is 27.4 Å². The van der Waals surface area contributed by atoms with Crippen LogP contribution in [-0.2, 0) is 14.4 Å². The third-order valence-electron chi connectivity index (χ3n) is 9.98. The summed E-state index contributed by atoms with van der Waals surface area (Å²) in [5, 5.41) is 9.22. The number of anilines is 1. The average Bonchev–Trinajstić information content (AvgIpc) is 3.24. The molecule has 1 aromatic rings. The van der Waals surface area contributed by atoms with E-state index >= 15 is 0 Å². The van der Waals surface area contributed by atoms with Crippen molar-refractivity contribution in [3.05, 3.63) is 54.6 Å². The number of para-hydroxylation sites is 1. The predicted molar refractivity (Wildman–Crippen MR) is 162 cm³/mol. The summed E-state index contributed by atoms with van der Waals surface area (Å²) in [6.07, 6.45) is 17.3. The average molecular weight is 578 g/mol. The minimum absolute atomic E-state index is 0.0378. The Morgan fingerprint density at radius 1 is 0.854 bits per heavy atom. The van der Waals surface area contributed by atoms with Gasteiger partial charge in [0.25, 0.3) is 0 Å². The van der Waals surface area contributed by atoms with Crippen molar-refractivity contribution < 1.29 is 19.5 Å². The number of carbonyl (C=O) groups excluding carboxylic acids is 3. The van der Waals surface area contributed by atoms with Gasteiger partial charge in [0.2, 0.25) is 17.7 Å². The first kappa shape index (κ1) is 28.5. The maximum atomic E-state index is 14.6. The summed E-state index contributed by atoms with van der Waals surface area (Å²) < 4.78 is -1.39. The minimum atomic E-state index is -0.790. The first-order valence-corrected chi connectivity index (χ1v) is 16.4. The highest BCUT2D eigenvalue weighted by Crippen LogP contribution is 2.65. The number of carbonyl (C=O) groups is 3. The third kappa shape index (κ3) is 4.85. The van der Waals surface area contributed by atoms with Crippen molar-refractivity contribution in [3.8, 4) is 0 Å². The van der Waals surface area contributed by atoms with Crippen LogP contribution in [0.4, 0.5) is 5.69 Å². The molecule has 1 spiro atoms. The van der Waals surface area contributed by atoms with Crippen molar-refractivity contribution in [3.63, 3.8) is 0 Å². The second-order valence-electron chi connectivity index (χ2n) is 12.5. The summed E-state index contributed by atoms with van der Waals surface area (Å²) in [7, 11) is 0. The lowest BCUT2D eigenvalue weighted by Gasteiger charge is -2.40. The summed E-state index contributed by atoms with van der Waals surface area (Å²) in [4.78, 5) is 49.4. The second-order valence-corrected chi connectivity index (χ2v) is 14.3. The van der Waals surface area contributed by atoms with E-state index in [0.717, 1.165) is 57.1 Å². The molecule has 1 N–H and O–H groups in total.